The van der Waals surface area contributed by atoms with Gasteiger partial charge in [0.1, 0.15) is 0 Å². The summed E-state index contributed by atoms with van der Waals surface area (Å²) in [5.41, 5.74) is 0. The Balaban J connectivity index is 2.17. The van der Waals surface area contributed by atoms with Crippen LogP contribution in [0.3, 0.4) is 0 Å². The van der Waals surface area contributed by atoms with E-state index in [9.17, 15) is 0 Å². The molecule has 0 aromatic rings. The second-order valence-corrected chi connectivity index (χ2v) is 4.54. The minimum absolute atomic E-state index is 1.00. The fourth-order valence-electron chi connectivity index (χ4n) is 2.11. The normalized spacial score (nSPS) is 32.7. The van der Waals surface area contributed by atoms with Crippen LogP contribution in [-0.2, 0) is 0 Å². The molecule has 0 atom stereocenters. The predicted octanol–water partition coefficient (Wildman–Crippen LogP) is 3.82. The van der Waals surface area contributed by atoms with E-state index in [1.54, 1.807) is 5.92 Å². The Morgan fingerprint density at radius 2 is 1.64 bits per heavy atom. The Kier molecular flexibility index (Phi) is 3.42. The fraction of sp³-hybridized carbons (Fsp3) is 0.909. The number of hydrogen-bond donors (Lipinski definition) is 0. The van der Waals surface area contributed by atoms with Crippen LogP contribution in [0, 0.1) is 17.8 Å². The number of hydrogen-bond acceptors (Lipinski definition) is 0. The lowest BCUT2D eigenvalue weighted by Gasteiger charge is -2.27. The van der Waals surface area contributed by atoms with Crippen molar-refractivity contribution in [2.24, 2.45) is 11.8 Å². The Labute approximate surface area is 71.4 Å². The molecular formula is C11H21. The molecule has 1 aliphatic carbocycles. The third kappa shape index (κ3) is 3.27. The van der Waals surface area contributed by atoms with Crippen LogP contribution in [0.4, 0.5) is 0 Å². The quantitative estimate of drug-likeness (QED) is 0.566. The maximum absolute atomic E-state index is 2.39. The Bertz CT molecular complexity index is 96.6. The standard InChI is InChI=1S/C11H21/c1-9(2)8-11-6-4-10(3)5-7-11/h10-11H,4-8H2,1-3H3. The lowest BCUT2D eigenvalue weighted by Crippen LogP contribution is -2.13. The van der Waals surface area contributed by atoms with Gasteiger partial charge in [-0.2, -0.15) is 0 Å². The lowest BCUT2D eigenvalue weighted by atomic mass is 9.79. The molecule has 0 bridgehead atoms. The van der Waals surface area contributed by atoms with E-state index < -0.39 is 0 Å². The first-order chi connectivity index (χ1) is 5.18. The maximum atomic E-state index is 2.39. The van der Waals surface area contributed by atoms with E-state index in [4.69, 9.17) is 0 Å². The van der Waals surface area contributed by atoms with E-state index in [1.807, 2.05) is 0 Å². The molecule has 0 heteroatoms. The van der Waals surface area contributed by atoms with Crippen molar-refractivity contribution in [1.29, 1.82) is 0 Å². The van der Waals surface area contributed by atoms with Gasteiger partial charge in [0.2, 0.25) is 0 Å². The van der Waals surface area contributed by atoms with E-state index in [1.165, 1.54) is 32.1 Å². The highest BCUT2D eigenvalue weighted by atomic mass is 14.2. The van der Waals surface area contributed by atoms with Crippen LogP contribution >= 0.6 is 0 Å². The highest BCUT2D eigenvalue weighted by Gasteiger charge is 2.18. The van der Waals surface area contributed by atoms with Crippen LogP contribution in [0.2, 0.25) is 0 Å². The van der Waals surface area contributed by atoms with Gasteiger partial charge in [-0.3, -0.25) is 0 Å². The van der Waals surface area contributed by atoms with Crippen molar-refractivity contribution in [3.63, 3.8) is 0 Å². The molecule has 1 aliphatic rings. The molecule has 0 spiro atoms. The van der Waals surface area contributed by atoms with Crippen LogP contribution in [0.1, 0.15) is 52.9 Å². The summed E-state index contributed by atoms with van der Waals surface area (Å²) < 4.78 is 0. The minimum atomic E-state index is 1.00. The molecule has 0 aromatic heterocycles. The van der Waals surface area contributed by atoms with Crippen LogP contribution < -0.4 is 0 Å². The van der Waals surface area contributed by atoms with Crippen molar-refractivity contribution in [3.05, 3.63) is 5.92 Å². The summed E-state index contributed by atoms with van der Waals surface area (Å²) in [6, 6.07) is 0. The molecule has 65 valence electrons. The van der Waals surface area contributed by atoms with Crippen molar-refractivity contribution in [2.45, 2.75) is 52.9 Å². The van der Waals surface area contributed by atoms with Gasteiger partial charge in [0, 0.05) is 0 Å². The first kappa shape index (κ1) is 9.09. The fourth-order valence-corrected chi connectivity index (χ4v) is 2.11. The van der Waals surface area contributed by atoms with E-state index in [-0.39, 0.29) is 0 Å². The van der Waals surface area contributed by atoms with E-state index >= 15 is 0 Å². The molecule has 0 aromatic carbocycles. The predicted molar refractivity (Wildman–Crippen MR) is 50.3 cm³/mol. The van der Waals surface area contributed by atoms with E-state index in [2.05, 4.69) is 20.8 Å². The Hall–Kier alpha value is 0. The molecular weight excluding hydrogens is 132 g/mol. The molecule has 1 saturated carbocycles. The smallest absolute Gasteiger partial charge is 0.0300 e. The van der Waals surface area contributed by atoms with Crippen molar-refractivity contribution in [3.8, 4) is 0 Å². The van der Waals surface area contributed by atoms with Crippen LogP contribution in [0.15, 0.2) is 0 Å². The summed E-state index contributed by atoms with van der Waals surface area (Å²) in [5.74, 6) is 3.64. The lowest BCUT2D eigenvalue weighted by molar-refractivity contribution is 0.282. The van der Waals surface area contributed by atoms with E-state index in [0.29, 0.717) is 0 Å². The largest absolute Gasteiger partial charge is 0.0625 e. The first-order valence-corrected chi connectivity index (χ1v) is 4.97. The minimum Gasteiger partial charge on any atom is -0.0625 e. The van der Waals surface area contributed by atoms with Gasteiger partial charge in [-0.1, -0.05) is 46.5 Å². The molecule has 0 amide bonds. The maximum Gasteiger partial charge on any atom is -0.0300 e. The van der Waals surface area contributed by atoms with Gasteiger partial charge in [-0.05, 0) is 24.2 Å². The summed E-state index contributed by atoms with van der Waals surface area (Å²) in [5, 5.41) is 0. The average Bonchev–Trinajstić information content (AvgIpc) is 1.93. The van der Waals surface area contributed by atoms with Crippen molar-refractivity contribution < 1.29 is 0 Å². The molecule has 11 heavy (non-hydrogen) atoms. The third-order valence-electron chi connectivity index (χ3n) is 2.83. The molecule has 0 heterocycles. The molecule has 0 N–H and O–H groups in total. The Morgan fingerprint density at radius 3 is 2.09 bits per heavy atom. The first-order valence-electron chi connectivity index (χ1n) is 4.97. The highest BCUT2D eigenvalue weighted by Crippen LogP contribution is 2.32. The van der Waals surface area contributed by atoms with Gasteiger partial charge in [0.15, 0.2) is 0 Å². The number of rotatable bonds is 2. The van der Waals surface area contributed by atoms with Crippen LogP contribution in [0.25, 0.3) is 0 Å². The van der Waals surface area contributed by atoms with Gasteiger partial charge in [-0.25, -0.2) is 0 Å². The monoisotopic (exact) mass is 153 g/mol. The van der Waals surface area contributed by atoms with Crippen molar-refractivity contribution in [2.75, 3.05) is 0 Å². The van der Waals surface area contributed by atoms with Crippen molar-refractivity contribution >= 4 is 0 Å². The summed E-state index contributed by atoms with van der Waals surface area (Å²) in [6.07, 6.45) is 7.28. The van der Waals surface area contributed by atoms with Gasteiger partial charge in [-0.15, -0.1) is 0 Å². The molecule has 0 unspecified atom stereocenters. The zero-order valence-corrected chi connectivity index (χ0v) is 8.19. The van der Waals surface area contributed by atoms with Crippen LogP contribution in [0.5, 0.6) is 0 Å². The Morgan fingerprint density at radius 1 is 1.09 bits per heavy atom. The summed E-state index contributed by atoms with van der Waals surface area (Å²) in [6.45, 7) is 6.91. The average molecular weight is 153 g/mol. The zero-order valence-electron chi connectivity index (χ0n) is 8.19. The molecule has 0 nitrogen and oxygen atoms in total. The molecule has 0 saturated heterocycles. The topological polar surface area (TPSA) is 0 Å². The summed E-state index contributed by atoms with van der Waals surface area (Å²) in [4.78, 5) is 0. The molecule has 1 rings (SSSR count). The SMILES string of the molecule is C[C](C)CC1CCC(C)CC1. The molecule has 1 fully saturated rings. The van der Waals surface area contributed by atoms with Crippen molar-refractivity contribution in [1.82, 2.24) is 0 Å². The molecule has 1 radical (unpaired) electrons. The highest BCUT2D eigenvalue weighted by molar-refractivity contribution is 4.83. The summed E-state index contributed by atoms with van der Waals surface area (Å²) in [7, 11) is 0. The second-order valence-electron chi connectivity index (χ2n) is 4.54. The zero-order chi connectivity index (χ0) is 8.27. The van der Waals surface area contributed by atoms with E-state index in [0.717, 1.165) is 11.8 Å². The molecule has 0 aliphatic heterocycles. The van der Waals surface area contributed by atoms with Gasteiger partial charge in [0.05, 0.1) is 0 Å². The summed E-state index contributed by atoms with van der Waals surface area (Å²) >= 11 is 0. The van der Waals surface area contributed by atoms with Gasteiger partial charge < -0.3 is 0 Å². The third-order valence-corrected chi connectivity index (χ3v) is 2.83. The van der Waals surface area contributed by atoms with Gasteiger partial charge >= 0.3 is 0 Å². The second kappa shape index (κ2) is 4.13. The van der Waals surface area contributed by atoms with Gasteiger partial charge in [0.25, 0.3) is 0 Å². The van der Waals surface area contributed by atoms with Crippen LogP contribution in [-0.4, -0.2) is 0 Å².